The van der Waals surface area contributed by atoms with Gasteiger partial charge in [-0.05, 0) is 35.7 Å². The van der Waals surface area contributed by atoms with Crippen molar-refractivity contribution in [1.29, 1.82) is 5.26 Å². The molecule has 21 heavy (non-hydrogen) atoms. The van der Waals surface area contributed by atoms with Crippen LogP contribution in [0.4, 0.5) is 0 Å². The lowest BCUT2D eigenvalue weighted by Crippen LogP contribution is -2.28. The summed E-state index contributed by atoms with van der Waals surface area (Å²) in [6.07, 6.45) is 3.97. The maximum atomic E-state index is 12.4. The lowest BCUT2D eigenvalue weighted by molar-refractivity contribution is 0.0944. The van der Waals surface area contributed by atoms with Crippen LogP contribution in [0.2, 0.25) is 0 Å². The highest BCUT2D eigenvalue weighted by Crippen LogP contribution is 2.18. The molecule has 1 aromatic carbocycles. The van der Waals surface area contributed by atoms with E-state index < -0.39 is 6.04 Å². The number of nitrogens with one attached hydrogen (secondary N) is 1. The second kappa shape index (κ2) is 7.00. The van der Waals surface area contributed by atoms with Crippen LogP contribution >= 0.6 is 15.9 Å². The Balaban J connectivity index is 2.23. The molecule has 0 fully saturated rings. The van der Waals surface area contributed by atoms with E-state index in [0.717, 1.165) is 15.6 Å². The number of hydrogen-bond donors (Lipinski definition) is 1. The highest BCUT2D eigenvalue weighted by Gasteiger charge is 2.17. The van der Waals surface area contributed by atoms with E-state index in [-0.39, 0.29) is 5.91 Å². The molecule has 1 atom stereocenters. The summed E-state index contributed by atoms with van der Waals surface area (Å²) >= 11 is 3.36. The Bertz CT molecular complexity index is 694. The Morgan fingerprint density at radius 3 is 2.95 bits per heavy atom. The van der Waals surface area contributed by atoms with Gasteiger partial charge < -0.3 is 5.32 Å². The first-order chi connectivity index (χ1) is 10.2. The molecule has 106 valence electrons. The standard InChI is InChI=1S/C16H14BrN3O/c1-2-11-10-19-7-6-14(11)16(21)20-15(9-18)12-4-3-5-13(17)8-12/h3-8,10,15H,2H2,1H3,(H,20,21)/t15-/m0/s1. The molecule has 0 unspecified atom stereocenters. The maximum absolute atomic E-state index is 12.4. The van der Waals surface area contributed by atoms with E-state index in [1.807, 2.05) is 31.2 Å². The second-order valence-corrected chi connectivity index (χ2v) is 5.39. The van der Waals surface area contributed by atoms with Gasteiger partial charge in [-0.2, -0.15) is 5.26 Å². The number of aryl methyl sites for hydroxylation is 1. The van der Waals surface area contributed by atoms with Crippen LogP contribution in [0.15, 0.2) is 47.2 Å². The molecule has 0 saturated carbocycles. The van der Waals surface area contributed by atoms with Crippen LogP contribution in [-0.2, 0) is 6.42 Å². The molecule has 0 aliphatic rings. The van der Waals surface area contributed by atoms with Crippen molar-refractivity contribution >= 4 is 21.8 Å². The molecule has 1 heterocycles. The molecule has 1 aromatic heterocycles. The van der Waals surface area contributed by atoms with E-state index >= 15 is 0 Å². The minimum Gasteiger partial charge on any atom is -0.332 e. The van der Waals surface area contributed by atoms with E-state index in [2.05, 4.69) is 32.3 Å². The summed E-state index contributed by atoms with van der Waals surface area (Å²) in [5.74, 6) is -0.263. The first-order valence-electron chi connectivity index (χ1n) is 6.54. The number of nitriles is 1. The molecule has 0 aliphatic carbocycles. The Kier molecular flexibility index (Phi) is 5.07. The van der Waals surface area contributed by atoms with Crippen LogP contribution in [0.25, 0.3) is 0 Å². The number of carbonyl (C=O) groups excluding carboxylic acids is 1. The number of carbonyl (C=O) groups is 1. The number of benzene rings is 1. The summed E-state index contributed by atoms with van der Waals surface area (Å²) in [5.41, 5.74) is 2.16. The minimum absolute atomic E-state index is 0.263. The number of hydrogen-bond acceptors (Lipinski definition) is 3. The summed E-state index contributed by atoms with van der Waals surface area (Å²) in [4.78, 5) is 16.4. The molecule has 4 nitrogen and oxygen atoms in total. The highest BCUT2D eigenvalue weighted by molar-refractivity contribution is 9.10. The van der Waals surface area contributed by atoms with Gasteiger partial charge in [-0.1, -0.05) is 35.0 Å². The van der Waals surface area contributed by atoms with E-state index in [0.29, 0.717) is 12.0 Å². The van der Waals surface area contributed by atoms with Crippen LogP contribution in [0, 0.1) is 11.3 Å². The first kappa shape index (κ1) is 15.2. The Morgan fingerprint density at radius 2 is 2.29 bits per heavy atom. The highest BCUT2D eigenvalue weighted by atomic mass is 79.9. The van der Waals surface area contributed by atoms with Crippen molar-refractivity contribution in [2.45, 2.75) is 19.4 Å². The van der Waals surface area contributed by atoms with Gasteiger partial charge >= 0.3 is 0 Å². The van der Waals surface area contributed by atoms with Crippen molar-refractivity contribution in [1.82, 2.24) is 10.3 Å². The van der Waals surface area contributed by atoms with Gasteiger partial charge in [0.05, 0.1) is 6.07 Å². The molecule has 0 aliphatic heterocycles. The molecule has 0 bridgehead atoms. The third-order valence-corrected chi connectivity index (χ3v) is 3.61. The Morgan fingerprint density at radius 1 is 1.48 bits per heavy atom. The molecule has 0 saturated heterocycles. The Hall–Kier alpha value is -2.19. The predicted octanol–water partition coefficient (Wildman–Crippen LogP) is 3.40. The fourth-order valence-electron chi connectivity index (χ4n) is 2.02. The molecular weight excluding hydrogens is 330 g/mol. The van der Waals surface area contributed by atoms with Crippen molar-refractivity contribution in [3.63, 3.8) is 0 Å². The largest absolute Gasteiger partial charge is 0.332 e. The lowest BCUT2D eigenvalue weighted by Gasteiger charge is -2.13. The maximum Gasteiger partial charge on any atom is 0.252 e. The Labute approximate surface area is 132 Å². The van der Waals surface area contributed by atoms with Gasteiger partial charge in [-0.25, -0.2) is 0 Å². The van der Waals surface area contributed by atoms with Gasteiger partial charge in [0.1, 0.15) is 6.04 Å². The topological polar surface area (TPSA) is 65.8 Å². The number of nitrogens with zero attached hydrogens (tertiary/aromatic N) is 2. The van der Waals surface area contributed by atoms with Gasteiger partial charge in [-0.15, -0.1) is 0 Å². The zero-order valence-electron chi connectivity index (χ0n) is 11.5. The van der Waals surface area contributed by atoms with E-state index in [1.165, 1.54) is 0 Å². The average Bonchev–Trinajstić information content (AvgIpc) is 2.52. The van der Waals surface area contributed by atoms with Crippen molar-refractivity contribution < 1.29 is 4.79 Å². The van der Waals surface area contributed by atoms with Crippen LogP contribution in [0.5, 0.6) is 0 Å². The fraction of sp³-hybridized carbons (Fsp3) is 0.188. The first-order valence-corrected chi connectivity index (χ1v) is 7.33. The SMILES string of the molecule is CCc1cnccc1C(=O)N[C@@H](C#N)c1cccc(Br)c1. The van der Waals surface area contributed by atoms with Crippen LogP contribution in [0.1, 0.15) is 34.5 Å². The molecule has 2 aromatic rings. The minimum atomic E-state index is -0.687. The van der Waals surface area contributed by atoms with E-state index in [1.54, 1.807) is 18.5 Å². The van der Waals surface area contributed by atoms with Gasteiger partial charge in [0.25, 0.3) is 5.91 Å². The summed E-state index contributed by atoms with van der Waals surface area (Å²) < 4.78 is 0.868. The lowest BCUT2D eigenvalue weighted by atomic mass is 10.1. The van der Waals surface area contributed by atoms with Crippen LogP contribution in [0.3, 0.4) is 0 Å². The zero-order valence-corrected chi connectivity index (χ0v) is 13.1. The molecule has 1 N–H and O–H groups in total. The number of pyridine rings is 1. The van der Waals surface area contributed by atoms with Crippen molar-refractivity contribution in [2.24, 2.45) is 0 Å². The predicted molar refractivity (Wildman–Crippen MR) is 83.6 cm³/mol. The van der Waals surface area contributed by atoms with Gasteiger partial charge in [0.15, 0.2) is 0 Å². The molecule has 0 spiro atoms. The monoisotopic (exact) mass is 343 g/mol. The van der Waals surface area contributed by atoms with E-state index in [4.69, 9.17) is 0 Å². The molecule has 5 heteroatoms. The summed E-state index contributed by atoms with van der Waals surface area (Å²) in [7, 11) is 0. The summed E-state index contributed by atoms with van der Waals surface area (Å²) in [6.45, 7) is 1.96. The number of amides is 1. The summed E-state index contributed by atoms with van der Waals surface area (Å²) in [5, 5.41) is 12.1. The number of halogens is 1. The van der Waals surface area contributed by atoms with E-state index in [9.17, 15) is 10.1 Å². The van der Waals surface area contributed by atoms with Crippen molar-refractivity contribution in [3.05, 3.63) is 63.9 Å². The quantitative estimate of drug-likeness (QED) is 0.924. The van der Waals surface area contributed by atoms with Crippen LogP contribution < -0.4 is 5.32 Å². The molecular formula is C16H14BrN3O. The average molecular weight is 344 g/mol. The van der Waals surface area contributed by atoms with Crippen molar-refractivity contribution in [2.75, 3.05) is 0 Å². The number of aromatic nitrogens is 1. The third kappa shape index (κ3) is 3.67. The molecule has 2 rings (SSSR count). The van der Waals surface area contributed by atoms with Crippen molar-refractivity contribution in [3.8, 4) is 6.07 Å². The van der Waals surface area contributed by atoms with Crippen LogP contribution in [-0.4, -0.2) is 10.9 Å². The second-order valence-electron chi connectivity index (χ2n) is 4.48. The number of rotatable bonds is 4. The van der Waals surface area contributed by atoms with Gasteiger partial charge in [0.2, 0.25) is 0 Å². The fourth-order valence-corrected chi connectivity index (χ4v) is 2.43. The zero-order chi connectivity index (χ0) is 15.2. The molecule has 0 radical (unpaired) electrons. The van der Waals surface area contributed by atoms with Gasteiger partial charge in [-0.3, -0.25) is 9.78 Å². The third-order valence-electron chi connectivity index (χ3n) is 3.12. The smallest absolute Gasteiger partial charge is 0.252 e. The summed E-state index contributed by atoms with van der Waals surface area (Å²) in [6, 6.07) is 10.4. The van der Waals surface area contributed by atoms with Gasteiger partial charge in [0, 0.05) is 22.4 Å². The normalized spacial score (nSPS) is 11.5. The molecule has 1 amide bonds.